The Hall–Kier alpha value is -1.13. The number of hydrogen-bond acceptors (Lipinski definition) is 2. The molecule has 1 heterocycles. The van der Waals surface area contributed by atoms with Crippen molar-refractivity contribution in [3.63, 3.8) is 0 Å². The highest BCUT2D eigenvalue weighted by atomic mass is 35.5. The Labute approximate surface area is 124 Å². The van der Waals surface area contributed by atoms with Crippen molar-refractivity contribution < 1.29 is 9.18 Å². The van der Waals surface area contributed by atoms with Gasteiger partial charge in [-0.05, 0) is 37.9 Å². The van der Waals surface area contributed by atoms with Gasteiger partial charge in [0.2, 0.25) is 5.91 Å². The molecule has 0 bridgehead atoms. The molecule has 20 heavy (non-hydrogen) atoms. The maximum Gasteiger partial charge on any atom is 0.242 e. The van der Waals surface area contributed by atoms with Crippen molar-refractivity contribution >= 4 is 17.5 Å². The van der Waals surface area contributed by atoms with Crippen LogP contribution in [-0.2, 0) is 11.3 Å². The van der Waals surface area contributed by atoms with E-state index in [2.05, 4.69) is 5.32 Å². The smallest absolute Gasteiger partial charge is 0.242 e. The first kappa shape index (κ1) is 15.3. The lowest BCUT2D eigenvalue weighted by atomic mass is 9.92. The number of rotatable bonds is 4. The zero-order chi connectivity index (χ0) is 14.8. The molecule has 1 aromatic rings. The Morgan fingerprint density at radius 2 is 2.30 bits per heavy atom. The van der Waals surface area contributed by atoms with Crippen molar-refractivity contribution in [1.82, 2.24) is 10.2 Å². The third kappa shape index (κ3) is 2.81. The Morgan fingerprint density at radius 1 is 1.55 bits per heavy atom. The van der Waals surface area contributed by atoms with Gasteiger partial charge in [-0.3, -0.25) is 4.79 Å². The topological polar surface area (TPSA) is 32.3 Å². The molecule has 0 saturated carbocycles. The molecule has 1 saturated heterocycles. The first-order valence-electron chi connectivity index (χ1n) is 6.93. The van der Waals surface area contributed by atoms with Gasteiger partial charge in [0.05, 0.1) is 5.54 Å². The van der Waals surface area contributed by atoms with Gasteiger partial charge in [0.1, 0.15) is 5.82 Å². The average molecular weight is 299 g/mol. The highest BCUT2D eigenvalue weighted by Gasteiger charge is 2.40. The summed E-state index contributed by atoms with van der Waals surface area (Å²) in [6, 6.07) is 4.57. The Bertz CT molecular complexity index is 480. The van der Waals surface area contributed by atoms with Crippen LogP contribution in [0.1, 0.15) is 31.7 Å². The molecular formula is C15H20ClFN2O. The van der Waals surface area contributed by atoms with E-state index in [9.17, 15) is 9.18 Å². The molecule has 2 rings (SSSR count). The third-order valence-corrected chi connectivity index (χ3v) is 4.41. The number of nitrogens with one attached hydrogen (secondary N) is 1. The minimum atomic E-state index is -0.494. The zero-order valence-electron chi connectivity index (χ0n) is 11.9. The minimum absolute atomic E-state index is 0.0109. The lowest BCUT2D eigenvalue weighted by molar-refractivity contribution is -0.137. The van der Waals surface area contributed by atoms with E-state index in [-0.39, 0.29) is 18.3 Å². The van der Waals surface area contributed by atoms with Gasteiger partial charge in [-0.1, -0.05) is 24.6 Å². The predicted molar refractivity (Wildman–Crippen MR) is 78.1 cm³/mol. The molecular weight excluding hydrogens is 279 g/mol. The van der Waals surface area contributed by atoms with Crippen molar-refractivity contribution in [2.75, 3.05) is 13.6 Å². The van der Waals surface area contributed by atoms with Crippen LogP contribution >= 0.6 is 11.6 Å². The van der Waals surface area contributed by atoms with E-state index < -0.39 is 5.54 Å². The van der Waals surface area contributed by atoms with E-state index in [0.29, 0.717) is 10.6 Å². The molecule has 110 valence electrons. The number of amides is 1. The van der Waals surface area contributed by atoms with Gasteiger partial charge in [0, 0.05) is 24.2 Å². The molecule has 1 amide bonds. The monoisotopic (exact) mass is 298 g/mol. The number of carbonyl (C=O) groups excluding carboxylic acids is 1. The first-order valence-corrected chi connectivity index (χ1v) is 7.31. The molecule has 0 aliphatic carbocycles. The van der Waals surface area contributed by atoms with Crippen molar-refractivity contribution in [3.8, 4) is 0 Å². The first-order chi connectivity index (χ1) is 9.50. The quantitative estimate of drug-likeness (QED) is 0.927. The summed E-state index contributed by atoms with van der Waals surface area (Å²) in [4.78, 5) is 14.2. The van der Waals surface area contributed by atoms with Gasteiger partial charge >= 0.3 is 0 Å². The summed E-state index contributed by atoms with van der Waals surface area (Å²) in [5, 5.41) is 3.65. The molecule has 5 heteroatoms. The van der Waals surface area contributed by atoms with Crippen molar-refractivity contribution in [3.05, 3.63) is 34.6 Å². The van der Waals surface area contributed by atoms with E-state index in [0.717, 1.165) is 25.8 Å². The molecule has 1 fully saturated rings. The van der Waals surface area contributed by atoms with Crippen LogP contribution in [0.15, 0.2) is 18.2 Å². The van der Waals surface area contributed by atoms with Crippen LogP contribution in [0.5, 0.6) is 0 Å². The van der Waals surface area contributed by atoms with Gasteiger partial charge in [-0.15, -0.1) is 0 Å². The van der Waals surface area contributed by atoms with E-state index in [1.807, 2.05) is 6.92 Å². The molecule has 3 nitrogen and oxygen atoms in total. The molecule has 1 N–H and O–H groups in total. The number of carbonyl (C=O) groups is 1. The molecule has 0 aromatic heterocycles. The van der Waals surface area contributed by atoms with E-state index in [1.54, 1.807) is 24.1 Å². The van der Waals surface area contributed by atoms with Crippen LogP contribution in [0.25, 0.3) is 0 Å². The maximum atomic E-state index is 13.8. The molecule has 1 atom stereocenters. The highest BCUT2D eigenvalue weighted by Crippen LogP contribution is 2.27. The van der Waals surface area contributed by atoms with Gasteiger partial charge in [-0.25, -0.2) is 4.39 Å². The molecule has 0 spiro atoms. The van der Waals surface area contributed by atoms with Gasteiger partial charge in [-0.2, -0.15) is 0 Å². The van der Waals surface area contributed by atoms with E-state index >= 15 is 0 Å². The van der Waals surface area contributed by atoms with Crippen LogP contribution in [-0.4, -0.2) is 29.9 Å². The number of hydrogen-bond donors (Lipinski definition) is 1. The Balaban J connectivity index is 2.15. The largest absolute Gasteiger partial charge is 0.340 e. The Morgan fingerprint density at radius 3 is 2.85 bits per heavy atom. The highest BCUT2D eigenvalue weighted by molar-refractivity contribution is 6.31. The normalized spacial score (nSPS) is 22.0. The van der Waals surface area contributed by atoms with E-state index in [4.69, 9.17) is 11.6 Å². The SMILES string of the molecule is CCC1(C(=O)N(C)Cc2c(F)cccc2Cl)CCCN1. The lowest BCUT2D eigenvalue weighted by Crippen LogP contribution is -2.53. The van der Waals surface area contributed by atoms with Crippen LogP contribution < -0.4 is 5.32 Å². The summed E-state index contributed by atoms with van der Waals surface area (Å²) in [5.74, 6) is -0.362. The summed E-state index contributed by atoms with van der Waals surface area (Å²) in [6.07, 6.45) is 2.56. The summed E-state index contributed by atoms with van der Waals surface area (Å²) < 4.78 is 13.8. The number of nitrogens with zero attached hydrogens (tertiary/aromatic N) is 1. The molecule has 1 aliphatic rings. The van der Waals surface area contributed by atoms with Crippen LogP contribution in [0, 0.1) is 5.82 Å². The lowest BCUT2D eigenvalue weighted by Gasteiger charge is -2.32. The molecule has 1 unspecified atom stereocenters. The zero-order valence-corrected chi connectivity index (χ0v) is 12.6. The predicted octanol–water partition coefficient (Wildman–Crippen LogP) is 2.97. The molecule has 1 aliphatic heterocycles. The van der Waals surface area contributed by atoms with Gasteiger partial charge in [0.25, 0.3) is 0 Å². The van der Waals surface area contributed by atoms with Crippen molar-refractivity contribution in [2.24, 2.45) is 0 Å². The van der Waals surface area contributed by atoms with Gasteiger partial charge in [0.15, 0.2) is 0 Å². The Kier molecular flexibility index (Phi) is 4.66. The molecule has 0 radical (unpaired) electrons. The summed E-state index contributed by atoms with van der Waals surface area (Å²) >= 11 is 6.01. The second-order valence-corrected chi connectivity index (χ2v) is 5.73. The summed E-state index contributed by atoms with van der Waals surface area (Å²) in [5.41, 5.74) is -0.124. The van der Waals surface area contributed by atoms with Crippen molar-refractivity contribution in [2.45, 2.75) is 38.3 Å². The number of benzene rings is 1. The van der Waals surface area contributed by atoms with Crippen LogP contribution in [0.4, 0.5) is 4.39 Å². The van der Waals surface area contributed by atoms with Gasteiger partial charge < -0.3 is 10.2 Å². The summed E-state index contributed by atoms with van der Waals surface area (Å²) in [7, 11) is 1.70. The van der Waals surface area contributed by atoms with Crippen LogP contribution in [0.2, 0.25) is 5.02 Å². The number of halogens is 2. The standard InChI is InChI=1S/C15H20ClFN2O/c1-3-15(8-5-9-18-15)14(20)19(2)10-11-12(16)6-4-7-13(11)17/h4,6-7,18H,3,5,8-10H2,1-2H3. The third-order valence-electron chi connectivity index (χ3n) is 4.06. The second kappa shape index (κ2) is 6.10. The maximum absolute atomic E-state index is 13.8. The molecule has 1 aromatic carbocycles. The van der Waals surface area contributed by atoms with E-state index in [1.165, 1.54) is 6.07 Å². The fourth-order valence-corrected chi connectivity index (χ4v) is 3.02. The average Bonchev–Trinajstić information content (AvgIpc) is 2.92. The minimum Gasteiger partial charge on any atom is -0.340 e. The van der Waals surface area contributed by atoms with Crippen LogP contribution in [0.3, 0.4) is 0 Å². The number of likely N-dealkylation sites (N-methyl/N-ethyl adjacent to an activating group) is 1. The second-order valence-electron chi connectivity index (χ2n) is 5.33. The van der Waals surface area contributed by atoms with Crippen molar-refractivity contribution in [1.29, 1.82) is 0 Å². The summed E-state index contributed by atoms with van der Waals surface area (Å²) in [6.45, 7) is 3.04. The fraction of sp³-hybridized carbons (Fsp3) is 0.533. The fourth-order valence-electron chi connectivity index (χ4n) is 2.80.